The second-order valence-electron chi connectivity index (χ2n) is 3.28. The molecule has 2 rings (SSSR count). The van der Waals surface area contributed by atoms with Crippen LogP contribution in [0.5, 0.6) is 0 Å². The molecule has 0 saturated heterocycles. The maximum absolute atomic E-state index is 14.0. The number of rotatable bonds is 3. The number of nitrogens with one attached hydrogen (secondary N) is 1. The van der Waals surface area contributed by atoms with Gasteiger partial charge >= 0.3 is 0 Å². The lowest BCUT2D eigenvalue weighted by molar-refractivity contribution is 0.554. The summed E-state index contributed by atoms with van der Waals surface area (Å²) in [4.78, 5) is 4.11. The van der Waals surface area contributed by atoms with Gasteiger partial charge in [0, 0.05) is 15.4 Å². The van der Waals surface area contributed by atoms with Crippen molar-refractivity contribution in [1.82, 2.24) is 10.4 Å². The highest BCUT2D eigenvalue weighted by molar-refractivity contribution is 9.10. The molecule has 0 fully saturated rings. The number of aromatic nitrogens is 1. The topological polar surface area (TPSA) is 50.9 Å². The minimum Gasteiger partial charge on any atom is -0.271 e. The second-order valence-corrected chi connectivity index (χ2v) is 5.23. The van der Waals surface area contributed by atoms with Crippen molar-refractivity contribution in [3.05, 3.63) is 49.6 Å². The molecule has 7 heteroatoms. The van der Waals surface area contributed by atoms with Crippen LogP contribution in [0, 0.1) is 5.82 Å². The summed E-state index contributed by atoms with van der Waals surface area (Å²) in [6, 6.07) is 2.79. The van der Waals surface area contributed by atoms with Gasteiger partial charge in [-0.15, -0.1) is 11.3 Å². The van der Waals surface area contributed by atoms with Gasteiger partial charge in [0.15, 0.2) is 0 Å². The van der Waals surface area contributed by atoms with Gasteiger partial charge in [0.2, 0.25) is 0 Å². The van der Waals surface area contributed by atoms with Crippen molar-refractivity contribution in [2.75, 3.05) is 0 Å². The van der Waals surface area contributed by atoms with E-state index in [0.29, 0.717) is 15.7 Å². The number of nitrogens with zero attached hydrogens (tertiary/aromatic N) is 1. The van der Waals surface area contributed by atoms with Crippen LogP contribution in [0.4, 0.5) is 4.39 Å². The standard InChI is InChI=1S/C10H8BrClFN3S/c11-6-2-1-5(9(13)8(6)12)10(16-14)7-3-17-4-15-7/h1-4,10,16H,14H2. The van der Waals surface area contributed by atoms with Crippen LogP contribution < -0.4 is 11.3 Å². The minimum atomic E-state index is -0.508. The quantitative estimate of drug-likeness (QED) is 0.514. The van der Waals surface area contributed by atoms with Gasteiger partial charge in [-0.05, 0) is 22.0 Å². The predicted molar refractivity (Wildman–Crippen MR) is 70.4 cm³/mol. The summed E-state index contributed by atoms with van der Waals surface area (Å²) in [5, 5.41) is 1.85. The van der Waals surface area contributed by atoms with Crippen molar-refractivity contribution < 1.29 is 4.39 Å². The molecule has 17 heavy (non-hydrogen) atoms. The Morgan fingerprint density at radius 3 is 2.88 bits per heavy atom. The molecule has 0 bridgehead atoms. The third kappa shape index (κ3) is 2.51. The summed E-state index contributed by atoms with van der Waals surface area (Å²) in [7, 11) is 0. The number of halogens is 3. The predicted octanol–water partition coefficient (Wildman–Crippen LogP) is 3.25. The molecule has 3 N–H and O–H groups in total. The van der Waals surface area contributed by atoms with Gasteiger partial charge in [-0.2, -0.15) is 0 Å². The fourth-order valence-corrected chi connectivity index (χ4v) is 2.52. The zero-order valence-electron chi connectivity index (χ0n) is 8.45. The number of nitrogens with two attached hydrogens (primary N) is 1. The number of thiazole rings is 1. The number of hydrogen-bond acceptors (Lipinski definition) is 4. The zero-order valence-corrected chi connectivity index (χ0v) is 11.6. The Bertz CT molecular complexity index is 521. The average molecular weight is 337 g/mol. The molecule has 0 amide bonds. The molecule has 1 aromatic carbocycles. The Morgan fingerprint density at radius 2 is 2.29 bits per heavy atom. The van der Waals surface area contributed by atoms with E-state index in [-0.39, 0.29) is 5.02 Å². The highest BCUT2D eigenvalue weighted by Crippen LogP contribution is 2.32. The lowest BCUT2D eigenvalue weighted by atomic mass is 10.0. The molecule has 0 spiro atoms. The van der Waals surface area contributed by atoms with Gasteiger partial charge in [0.05, 0.1) is 22.3 Å². The van der Waals surface area contributed by atoms with Gasteiger partial charge in [0.1, 0.15) is 5.82 Å². The maximum atomic E-state index is 14.0. The summed E-state index contributed by atoms with van der Waals surface area (Å²) in [5.74, 6) is 4.94. The largest absolute Gasteiger partial charge is 0.271 e. The lowest BCUT2D eigenvalue weighted by Crippen LogP contribution is -2.29. The van der Waals surface area contributed by atoms with Gasteiger partial charge < -0.3 is 0 Å². The first kappa shape index (κ1) is 12.9. The van der Waals surface area contributed by atoms with Crippen molar-refractivity contribution >= 4 is 38.9 Å². The smallest absolute Gasteiger partial charge is 0.148 e. The zero-order chi connectivity index (χ0) is 12.4. The van der Waals surface area contributed by atoms with Crippen LogP contribution in [0.15, 0.2) is 27.5 Å². The Kier molecular flexibility index (Phi) is 4.11. The first-order valence-electron chi connectivity index (χ1n) is 4.62. The van der Waals surface area contributed by atoms with Crippen LogP contribution in [-0.4, -0.2) is 4.98 Å². The number of hydrogen-bond donors (Lipinski definition) is 2. The SMILES string of the molecule is NNC(c1cscn1)c1ccc(Br)c(Cl)c1F. The molecule has 0 aliphatic rings. The van der Waals surface area contributed by atoms with E-state index < -0.39 is 11.9 Å². The van der Waals surface area contributed by atoms with Gasteiger partial charge in [0.25, 0.3) is 0 Å². The van der Waals surface area contributed by atoms with E-state index in [4.69, 9.17) is 17.4 Å². The fourth-order valence-electron chi connectivity index (χ4n) is 1.46. The van der Waals surface area contributed by atoms with Gasteiger partial charge in [-0.25, -0.2) is 14.8 Å². The second kappa shape index (κ2) is 5.41. The minimum absolute atomic E-state index is 0.0398. The molecule has 1 heterocycles. The van der Waals surface area contributed by atoms with Crippen molar-refractivity contribution in [2.45, 2.75) is 6.04 Å². The molecule has 1 aromatic heterocycles. The van der Waals surface area contributed by atoms with E-state index in [1.807, 2.05) is 0 Å². The van der Waals surface area contributed by atoms with Gasteiger partial charge in [-0.3, -0.25) is 5.84 Å². The molecule has 3 nitrogen and oxygen atoms in total. The Labute approximate surface area is 115 Å². The fraction of sp³-hybridized carbons (Fsp3) is 0.100. The summed E-state index contributed by atoms with van der Waals surface area (Å²) in [5.41, 5.74) is 5.23. The molecule has 0 aliphatic heterocycles. The van der Waals surface area contributed by atoms with Crippen molar-refractivity contribution in [2.24, 2.45) is 5.84 Å². The molecular weight excluding hydrogens is 329 g/mol. The first-order chi connectivity index (χ1) is 8.15. The van der Waals surface area contributed by atoms with E-state index in [1.165, 1.54) is 11.3 Å². The van der Waals surface area contributed by atoms with E-state index in [1.54, 1.807) is 23.0 Å². The summed E-state index contributed by atoms with van der Waals surface area (Å²) >= 11 is 10.4. The van der Waals surface area contributed by atoms with Crippen LogP contribution in [0.25, 0.3) is 0 Å². The monoisotopic (exact) mass is 335 g/mol. The molecule has 1 unspecified atom stereocenters. The van der Waals surface area contributed by atoms with Crippen LogP contribution in [0.2, 0.25) is 5.02 Å². The van der Waals surface area contributed by atoms with Crippen LogP contribution >= 0.6 is 38.9 Å². The Balaban J connectivity index is 2.49. The van der Waals surface area contributed by atoms with Crippen molar-refractivity contribution in [3.63, 3.8) is 0 Å². The number of benzene rings is 1. The van der Waals surface area contributed by atoms with Crippen molar-refractivity contribution in [1.29, 1.82) is 0 Å². The highest BCUT2D eigenvalue weighted by Gasteiger charge is 2.21. The van der Waals surface area contributed by atoms with Crippen molar-refractivity contribution in [3.8, 4) is 0 Å². The third-order valence-electron chi connectivity index (χ3n) is 2.29. The Hall–Kier alpha value is -0.530. The first-order valence-corrected chi connectivity index (χ1v) is 6.74. The van der Waals surface area contributed by atoms with E-state index >= 15 is 0 Å². The van der Waals surface area contributed by atoms with E-state index in [9.17, 15) is 4.39 Å². The summed E-state index contributed by atoms with van der Waals surface area (Å²) in [6.45, 7) is 0. The Morgan fingerprint density at radius 1 is 1.53 bits per heavy atom. The van der Waals surface area contributed by atoms with E-state index in [2.05, 4.69) is 26.3 Å². The van der Waals surface area contributed by atoms with E-state index in [0.717, 1.165) is 0 Å². The molecule has 0 aliphatic carbocycles. The molecule has 1 atom stereocenters. The van der Waals surface area contributed by atoms with Gasteiger partial charge in [-0.1, -0.05) is 17.7 Å². The normalized spacial score (nSPS) is 12.7. The van der Waals surface area contributed by atoms with Crippen LogP contribution in [0.1, 0.15) is 17.3 Å². The average Bonchev–Trinajstić information content (AvgIpc) is 2.84. The molecule has 0 radical (unpaired) electrons. The molecule has 2 aromatic rings. The maximum Gasteiger partial charge on any atom is 0.148 e. The third-order valence-corrected chi connectivity index (χ3v) is 4.15. The molecule has 90 valence electrons. The van der Waals surface area contributed by atoms with Crippen LogP contribution in [0.3, 0.4) is 0 Å². The van der Waals surface area contributed by atoms with Crippen LogP contribution in [-0.2, 0) is 0 Å². The summed E-state index contributed by atoms with van der Waals surface area (Å²) < 4.78 is 14.5. The summed E-state index contributed by atoms with van der Waals surface area (Å²) in [6.07, 6.45) is 0. The molecule has 0 saturated carbocycles. The lowest BCUT2D eigenvalue weighted by Gasteiger charge is -2.15. The highest BCUT2D eigenvalue weighted by atomic mass is 79.9. The number of hydrazine groups is 1. The molecular formula is C10H8BrClFN3S.